The number of likely N-dealkylation sites (tertiary alicyclic amines) is 1. The lowest BCUT2D eigenvalue weighted by molar-refractivity contribution is 0.0704. The van der Waals surface area contributed by atoms with Crippen molar-refractivity contribution in [2.24, 2.45) is 0 Å². The number of ether oxygens (including phenoxy) is 1. The Labute approximate surface area is 147 Å². The number of aryl methyl sites for hydroxylation is 1. The molecule has 6 heteroatoms. The van der Waals surface area contributed by atoms with Gasteiger partial charge in [-0.05, 0) is 37.8 Å². The maximum atomic E-state index is 12.7. The summed E-state index contributed by atoms with van der Waals surface area (Å²) in [5.41, 5.74) is 1.82. The third-order valence-electron chi connectivity index (χ3n) is 5.26. The van der Waals surface area contributed by atoms with Gasteiger partial charge in [-0.2, -0.15) is 4.98 Å². The normalized spacial score (nSPS) is 21.6. The van der Waals surface area contributed by atoms with Gasteiger partial charge in [-0.25, -0.2) is 0 Å². The highest BCUT2D eigenvalue weighted by molar-refractivity contribution is 5.95. The van der Waals surface area contributed by atoms with Crippen molar-refractivity contribution >= 4 is 5.91 Å². The van der Waals surface area contributed by atoms with Crippen LogP contribution in [-0.4, -0.2) is 47.3 Å². The van der Waals surface area contributed by atoms with Gasteiger partial charge in [0, 0.05) is 37.1 Å². The van der Waals surface area contributed by atoms with E-state index in [4.69, 9.17) is 9.26 Å². The first-order valence-electron chi connectivity index (χ1n) is 8.98. The van der Waals surface area contributed by atoms with E-state index < -0.39 is 0 Å². The van der Waals surface area contributed by atoms with Crippen LogP contribution in [0.4, 0.5) is 0 Å². The molecule has 1 aromatic heterocycles. The molecule has 2 aliphatic rings. The van der Waals surface area contributed by atoms with Gasteiger partial charge in [0.25, 0.3) is 5.91 Å². The molecule has 2 saturated heterocycles. The summed E-state index contributed by atoms with van der Waals surface area (Å²) in [5.74, 6) is 2.10. The Morgan fingerprint density at radius 2 is 1.96 bits per heavy atom. The fourth-order valence-corrected chi connectivity index (χ4v) is 3.63. The van der Waals surface area contributed by atoms with Gasteiger partial charge >= 0.3 is 0 Å². The smallest absolute Gasteiger partial charge is 0.254 e. The summed E-state index contributed by atoms with van der Waals surface area (Å²) < 4.78 is 10.9. The number of benzene rings is 1. The number of aromatic nitrogens is 2. The molecule has 132 valence electrons. The van der Waals surface area contributed by atoms with Gasteiger partial charge in [0.1, 0.15) is 0 Å². The molecule has 2 fully saturated rings. The zero-order valence-electron chi connectivity index (χ0n) is 14.5. The lowest BCUT2D eigenvalue weighted by Gasteiger charge is -2.30. The number of amides is 1. The molecule has 2 aromatic rings. The van der Waals surface area contributed by atoms with Crippen molar-refractivity contribution in [2.45, 2.75) is 38.0 Å². The van der Waals surface area contributed by atoms with E-state index in [2.05, 4.69) is 10.1 Å². The molecule has 3 heterocycles. The Kier molecular flexibility index (Phi) is 4.53. The summed E-state index contributed by atoms with van der Waals surface area (Å²) in [5, 5.41) is 4.14. The Balaban J connectivity index is 1.38. The van der Waals surface area contributed by atoms with Crippen LogP contribution >= 0.6 is 0 Å². The van der Waals surface area contributed by atoms with Crippen LogP contribution < -0.4 is 0 Å². The number of rotatable bonds is 3. The quantitative estimate of drug-likeness (QED) is 0.858. The van der Waals surface area contributed by atoms with Crippen molar-refractivity contribution in [1.82, 2.24) is 15.0 Å². The van der Waals surface area contributed by atoms with Crippen LogP contribution in [0.15, 0.2) is 28.8 Å². The average Bonchev–Trinajstić information content (AvgIpc) is 3.33. The van der Waals surface area contributed by atoms with Gasteiger partial charge in [0.2, 0.25) is 5.89 Å². The molecule has 0 radical (unpaired) electrons. The molecule has 1 aromatic carbocycles. The molecular weight excluding hydrogens is 318 g/mol. The molecule has 0 unspecified atom stereocenters. The van der Waals surface area contributed by atoms with Crippen molar-refractivity contribution in [3.05, 3.63) is 47.1 Å². The first kappa shape index (κ1) is 16.3. The minimum Gasteiger partial charge on any atom is -0.381 e. The van der Waals surface area contributed by atoms with Crippen LogP contribution in [0, 0.1) is 6.92 Å². The molecule has 4 rings (SSSR count). The van der Waals surface area contributed by atoms with Gasteiger partial charge in [0.05, 0.1) is 6.61 Å². The van der Waals surface area contributed by atoms with Gasteiger partial charge in [0.15, 0.2) is 5.82 Å². The number of carbonyl (C=O) groups is 1. The van der Waals surface area contributed by atoms with Crippen LogP contribution in [0.1, 0.15) is 58.7 Å². The largest absolute Gasteiger partial charge is 0.381 e. The lowest BCUT2D eigenvalue weighted by atomic mass is 9.95. The van der Waals surface area contributed by atoms with Crippen molar-refractivity contribution in [1.29, 1.82) is 0 Å². The van der Waals surface area contributed by atoms with E-state index in [-0.39, 0.29) is 17.7 Å². The lowest BCUT2D eigenvalue weighted by Crippen LogP contribution is -2.38. The summed E-state index contributed by atoms with van der Waals surface area (Å²) in [4.78, 5) is 19.2. The zero-order valence-corrected chi connectivity index (χ0v) is 14.5. The van der Waals surface area contributed by atoms with Crippen LogP contribution in [-0.2, 0) is 4.74 Å². The second-order valence-corrected chi connectivity index (χ2v) is 6.93. The van der Waals surface area contributed by atoms with E-state index in [1.165, 1.54) is 0 Å². The molecule has 1 amide bonds. The number of hydrogen-bond acceptors (Lipinski definition) is 5. The standard InChI is InChI=1S/C19H23N3O3/c1-13-4-2-3-5-16(13)19(23)22-9-6-14(7-10-22)18-20-17(21-25-18)15-8-11-24-12-15/h2-5,14-15H,6-12H2,1H3/t15-/m1/s1. The van der Waals surface area contributed by atoms with E-state index in [0.29, 0.717) is 12.5 Å². The van der Waals surface area contributed by atoms with Crippen molar-refractivity contribution in [3.8, 4) is 0 Å². The molecular formula is C19H23N3O3. The molecule has 2 aliphatic heterocycles. The van der Waals surface area contributed by atoms with Gasteiger partial charge in [-0.3, -0.25) is 4.79 Å². The van der Waals surface area contributed by atoms with Gasteiger partial charge in [-0.1, -0.05) is 23.4 Å². The predicted molar refractivity (Wildman–Crippen MR) is 91.5 cm³/mol. The minimum absolute atomic E-state index is 0.117. The fraction of sp³-hybridized carbons (Fsp3) is 0.526. The second kappa shape index (κ2) is 6.96. The summed E-state index contributed by atoms with van der Waals surface area (Å²) in [6, 6.07) is 7.75. The summed E-state index contributed by atoms with van der Waals surface area (Å²) in [7, 11) is 0. The molecule has 0 bridgehead atoms. The Hall–Kier alpha value is -2.21. The predicted octanol–water partition coefficient (Wildman–Crippen LogP) is 2.90. The topological polar surface area (TPSA) is 68.5 Å². The first-order valence-corrected chi connectivity index (χ1v) is 8.98. The van der Waals surface area contributed by atoms with Crippen LogP contribution in [0.3, 0.4) is 0 Å². The number of carbonyl (C=O) groups excluding carboxylic acids is 1. The number of hydrogen-bond donors (Lipinski definition) is 0. The number of nitrogens with zero attached hydrogens (tertiary/aromatic N) is 3. The molecule has 6 nitrogen and oxygen atoms in total. The summed E-state index contributed by atoms with van der Waals surface area (Å²) in [6.07, 6.45) is 2.68. The van der Waals surface area contributed by atoms with E-state index in [1.807, 2.05) is 36.1 Å². The van der Waals surface area contributed by atoms with Gasteiger partial charge < -0.3 is 14.2 Å². The number of piperidine rings is 1. The third kappa shape index (κ3) is 3.31. The molecule has 0 aliphatic carbocycles. The second-order valence-electron chi connectivity index (χ2n) is 6.93. The third-order valence-corrected chi connectivity index (χ3v) is 5.26. The van der Waals surface area contributed by atoms with Crippen LogP contribution in [0.2, 0.25) is 0 Å². The zero-order chi connectivity index (χ0) is 17.2. The molecule has 0 spiro atoms. The minimum atomic E-state index is 0.117. The molecule has 0 N–H and O–H groups in total. The van der Waals surface area contributed by atoms with E-state index in [9.17, 15) is 4.79 Å². The summed E-state index contributed by atoms with van der Waals surface area (Å²) >= 11 is 0. The maximum absolute atomic E-state index is 12.7. The Bertz CT molecular complexity index is 744. The monoisotopic (exact) mass is 341 g/mol. The van der Waals surface area contributed by atoms with Crippen molar-refractivity contribution in [2.75, 3.05) is 26.3 Å². The summed E-state index contributed by atoms with van der Waals surface area (Å²) in [6.45, 7) is 4.88. The van der Waals surface area contributed by atoms with Crippen molar-refractivity contribution in [3.63, 3.8) is 0 Å². The SMILES string of the molecule is Cc1ccccc1C(=O)N1CCC(c2nc([C@@H]3CCOC3)no2)CC1. The highest BCUT2D eigenvalue weighted by Gasteiger charge is 2.30. The Morgan fingerprint density at radius 1 is 1.16 bits per heavy atom. The van der Waals surface area contributed by atoms with Gasteiger partial charge in [-0.15, -0.1) is 0 Å². The van der Waals surface area contributed by atoms with Crippen molar-refractivity contribution < 1.29 is 14.1 Å². The molecule has 25 heavy (non-hydrogen) atoms. The van der Waals surface area contributed by atoms with E-state index in [0.717, 1.165) is 55.9 Å². The van der Waals surface area contributed by atoms with E-state index in [1.54, 1.807) is 0 Å². The Morgan fingerprint density at radius 3 is 2.68 bits per heavy atom. The fourth-order valence-electron chi connectivity index (χ4n) is 3.63. The van der Waals surface area contributed by atoms with Crippen LogP contribution in [0.25, 0.3) is 0 Å². The van der Waals surface area contributed by atoms with Crippen LogP contribution in [0.5, 0.6) is 0 Å². The first-order chi connectivity index (χ1) is 12.2. The molecule has 1 atom stereocenters. The average molecular weight is 341 g/mol. The van der Waals surface area contributed by atoms with E-state index >= 15 is 0 Å². The molecule has 0 saturated carbocycles. The highest BCUT2D eigenvalue weighted by atomic mass is 16.5. The maximum Gasteiger partial charge on any atom is 0.254 e. The highest BCUT2D eigenvalue weighted by Crippen LogP contribution is 2.30.